The van der Waals surface area contributed by atoms with Crippen LogP contribution in [0.25, 0.3) is 5.69 Å². The van der Waals surface area contributed by atoms with Gasteiger partial charge in [0.05, 0.1) is 16.9 Å². The highest BCUT2D eigenvalue weighted by Crippen LogP contribution is 2.54. The number of nitrogens with two attached hydrogens (primary N) is 1. The number of aryl methyl sites for hydroxylation is 1. The molecule has 2 aliphatic heterocycles. The van der Waals surface area contributed by atoms with Gasteiger partial charge in [-0.1, -0.05) is 29.8 Å². The summed E-state index contributed by atoms with van der Waals surface area (Å²) in [6.07, 6.45) is 0. The number of aliphatic hydroxyl groups excluding tert-OH is 1. The van der Waals surface area contributed by atoms with Crippen molar-refractivity contribution < 1.29 is 14.6 Å². The third kappa shape index (κ3) is 2.94. The summed E-state index contributed by atoms with van der Waals surface area (Å²) in [4.78, 5) is 13.4. The van der Waals surface area contributed by atoms with Crippen LogP contribution >= 0.6 is 11.6 Å². The van der Waals surface area contributed by atoms with Crippen molar-refractivity contribution in [1.29, 1.82) is 5.26 Å². The summed E-state index contributed by atoms with van der Waals surface area (Å²) in [5, 5.41) is 25.4. The number of hydrogen-bond acceptors (Lipinski definition) is 6. The standard InChI is InChI=1S/C21H14ClN5O2.C2H6O/c1-11-17-19(27(26-11)13-5-3-2-4-6-13)29-18(24)15(10-23)21(17)14-9-12(22)7-8-16(14)25-20(21)28;1-2-3/h2-9H,24H2,1H3,(H,25,28);3H,2H2,1H3. The van der Waals surface area contributed by atoms with Crippen LogP contribution in [0.5, 0.6) is 5.88 Å². The van der Waals surface area contributed by atoms with Crippen LogP contribution in [-0.2, 0) is 10.2 Å². The zero-order chi connectivity index (χ0) is 23.0. The van der Waals surface area contributed by atoms with Gasteiger partial charge in [-0.15, -0.1) is 0 Å². The third-order valence-corrected chi connectivity index (χ3v) is 5.54. The number of carbonyl (C=O) groups is 1. The highest BCUT2D eigenvalue weighted by atomic mass is 35.5. The monoisotopic (exact) mass is 449 g/mol. The second-order valence-corrected chi connectivity index (χ2v) is 7.61. The van der Waals surface area contributed by atoms with Crippen LogP contribution in [0.2, 0.25) is 5.02 Å². The summed E-state index contributed by atoms with van der Waals surface area (Å²) in [6, 6.07) is 16.5. The quantitative estimate of drug-likeness (QED) is 0.523. The predicted molar refractivity (Wildman–Crippen MR) is 119 cm³/mol. The minimum atomic E-state index is -1.48. The highest BCUT2D eigenvalue weighted by molar-refractivity contribution is 6.31. The van der Waals surface area contributed by atoms with Gasteiger partial charge in [-0.25, -0.2) is 4.68 Å². The first-order valence-corrected chi connectivity index (χ1v) is 10.2. The third-order valence-electron chi connectivity index (χ3n) is 5.31. The maximum atomic E-state index is 13.4. The number of aromatic nitrogens is 2. The first kappa shape index (κ1) is 21.4. The van der Waals surface area contributed by atoms with E-state index in [9.17, 15) is 10.1 Å². The van der Waals surface area contributed by atoms with E-state index in [1.165, 1.54) is 0 Å². The van der Waals surface area contributed by atoms with Gasteiger partial charge in [0, 0.05) is 22.9 Å². The van der Waals surface area contributed by atoms with Crippen molar-refractivity contribution in [3.05, 3.63) is 81.8 Å². The van der Waals surface area contributed by atoms with Crippen molar-refractivity contribution in [3.63, 3.8) is 0 Å². The molecule has 3 aromatic rings. The number of anilines is 1. The average molecular weight is 450 g/mol. The molecule has 1 unspecified atom stereocenters. The molecule has 5 rings (SSSR count). The summed E-state index contributed by atoms with van der Waals surface area (Å²) in [7, 11) is 0. The molecule has 0 saturated heterocycles. The number of nitrogens with zero attached hydrogens (tertiary/aromatic N) is 3. The summed E-state index contributed by atoms with van der Waals surface area (Å²) in [5.41, 5.74) is 7.57. The number of rotatable bonds is 1. The molecule has 0 fully saturated rings. The van der Waals surface area contributed by atoms with Gasteiger partial charge in [-0.3, -0.25) is 4.79 Å². The molecule has 0 radical (unpaired) electrons. The van der Waals surface area contributed by atoms with Gasteiger partial charge >= 0.3 is 0 Å². The van der Waals surface area contributed by atoms with E-state index in [4.69, 9.17) is 27.2 Å². The Morgan fingerprint density at radius 1 is 1.31 bits per heavy atom. The van der Waals surface area contributed by atoms with Crippen molar-refractivity contribution in [2.45, 2.75) is 19.3 Å². The van der Waals surface area contributed by atoms with Gasteiger partial charge in [-0.2, -0.15) is 10.4 Å². The Morgan fingerprint density at radius 3 is 2.66 bits per heavy atom. The molecule has 9 heteroatoms. The number of ether oxygens (including phenoxy) is 1. The van der Waals surface area contributed by atoms with Gasteiger partial charge < -0.3 is 20.9 Å². The molecule has 32 heavy (non-hydrogen) atoms. The molecular weight excluding hydrogens is 430 g/mol. The lowest BCUT2D eigenvalue weighted by Crippen LogP contribution is -2.42. The molecule has 2 aliphatic rings. The van der Waals surface area contributed by atoms with Crippen LogP contribution in [0.15, 0.2) is 60.0 Å². The number of carbonyl (C=O) groups excluding carboxylic acids is 1. The average Bonchev–Trinajstić information content (AvgIpc) is 3.24. The van der Waals surface area contributed by atoms with Crippen LogP contribution in [0.1, 0.15) is 23.7 Å². The SMILES string of the molecule is CCO.Cc1nn(-c2ccccc2)c2c1C1(C(=O)Nc3ccc(Cl)cc31)C(C#N)=C(N)O2. The normalized spacial score (nSPS) is 18.2. The summed E-state index contributed by atoms with van der Waals surface area (Å²) >= 11 is 6.25. The molecule has 0 aliphatic carbocycles. The Hall–Kier alpha value is -3.80. The highest BCUT2D eigenvalue weighted by Gasteiger charge is 2.58. The predicted octanol–water partition coefficient (Wildman–Crippen LogP) is 3.16. The number of amides is 1. The number of benzene rings is 2. The molecule has 1 spiro atoms. The molecule has 4 N–H and O–H groups in total. The van der Waals surface area contributed by atoms with Crippen molar-refractivity contribution in [2.24, 2.45) is 5.73 Å². The van der Waals surface area contributed by atoms with Crippen LogP contribution < -0.4 is 15.8 Å². The van der Waals surface area contributed by atoms with Gasteiger partial charge in [0.2, 0.25) is 17.7 Å². The number of para-hydroxylation sites is 1. The first-order chi connectivity index (χ1) is 15.4. The first-order valence-electron chi connectivity index (χ1n) is 9.86. The molecule has 2 aromatic carbocycles. The largest absolute Gasteiger partial charge is 0.422 e. The lowest BCUT2D eigenvalue weighted by Gasteiger charge is -2.32. The van der Waals surface area contributed by atoms with Gasteiger partial charge in [0.1, 0.15) is 17.1 Å². The maximum Gasteiger partial charge on any atom is 0.245 e. The Labute approximate surface area is 189 Å². The van der Waals surface area contributed by atoms with Gasteiger partial charge in [-0.05, 0) is 44.2 Å². The van der Waals surface area contributed by atoms with Gasteiger partial charge in [0.15, 0.2) is 0 Å². The van der Waals surface area contributed by atoms with Crippen molar-refractivity contribution in [3.8, 4) is 17.6 Å². The van der Waals surface area contributed by atoms with E-state index in [1.807, 2.05) is 30.3 Å². The Kier molecular flexibility index (Phi) is 5.38. The molecule has 1 atom stereocenters. The Morgan fingerprint density at radius 2 is 2.00 bits per heavy atom. The van der Waals surface area contributed by atoms with E-state index in [0.717, 1.165) is 5.69 Å². The van der Waals surface area contributed by atoms with Crippen molar-refractivity contribution in [1.82, 2.24) is 9.78 Å². The number of hydrogen-bond donors (Lipinski definition) is 3. The zero-order valence-electron chi connectivity index (χ0n) is 17.4. The van der Waals surface area contributed by atoms with E-state index >= 15 is 0 Å². The zero-order valence-corrected chi connectivity index (χ0v) is 18.1. The lowest BCUT2D eigenvalue weighted by atomic mass is 9.69. The summed E-state index contributed by atoms with van der Waals surface area (Å²) < 4.78 is 7.43. The number of nitriles is 1. The molecule has 0 bridgehead atoms. The lowest BCUT2D eigenvalue weighted by molar-refractivity contribution is -0.118. The minimum Gasteiger partial charge on any atom is -0.422 e. The second kappa shape index (κ2) is 8.04. The van der Waals surface area contributed by atoms with E-state index in [1.54, 1.807) is 36.7 Å². The fourth-order valence-electron chi connectivity index (χ4n) is 4.15. The number of halogens is 1. The van der Waals surface area contributed by atoms with Crippen LogP contribution in [0, 0.1) is 18.3 Å². The van der Waals surface area contributed by atoms with Crippen molar-refractivity contribution >= 4 is 23.2 Å². The smallest absolute Gasteiger partial charge is 0.245 e. The fraction of sp³-hybridized carbons (Fsp3) is 0.174. The molecular formula is C23H20ClN5O3. The summed E-state index contributed by atoms with van der Waals surface area (Å²) in [6.45, 7) is 3.70. The number of fused-ring (bicyclic) bond motifs is 4. The Balaban J connectivity index is 0.000000775. The van der Waals surface area contributed by atoms with E-state index in [0.29, 0.717) is 33.4 Å². The van der Waals surface area contributed by atoms with Crippen LogP contribution in [0.3, 0.4) is 0 Å². The number of aliphatic hydroxyl groups is 1. The Bertz CT molecular complexity index is 1290. The van der Waals surface area contributed by atoms with Crippen molar-refractivity contribution in [2.75, 3.05) is 11.9 Å². The maximum absolute atomic E-state index is 13.4. The van der Waals surface area contributed by atoms with E-state index in [-0.39, 0.29) is 18.1 Å². The second-order valence-electron chi connectivity index (χ2n) is 7.18. The minimum absolute atomic E-state index is 0.0132. The molecule has 8 nitrogen and oxygen atoms in total. The molecule has 0 saturated carbocycles. The molecule has 3 heterocycles. The van der Waals surface area contributed by atoms with Crippen LogP contribution in [0.4, 0.5) is 5.69 Å². The number of nitrogens with one attached hydrogen (secondary N) is 1. The van der Waals surface area contributed by atoms with E-state index in [2.05, 4.69) is 16.5 Å². The molecule has 1 amide bonds. The molecule has 162 valence electrons. The van der Waals surface area contributed by atoms with E-state index < -0.39 is 11.3 Å². The summed E-state index contributed by atoms with van der Waals surface area (Å²) in [5.74, 6) is -0.234. The fourth-order valence-corrected chi connectivity index (χ4v) is 4.32. The van der Waals surface area contributed by atoms with Crippen LogP contribution in [-0.4, -0.2) is 27.4 Å². The molecule has 1 aromatic heterocycles. The van der Waals surface area contributed by atoms with Gasteiger partial charge in [0.25, 0.3) is 0 Å². The topological polar surface area (TPSA) is 126 Å².